The van der Waals surface area contributed by atoms with Gasteiger partial charge < -0.3 is 14.4 Å². The van der Waals surface area contributed by atoms with Gasteiger partial charge in [-0.3, -0.25) is 9.59 Å². The minimum absolute atomic E-state index is 0.0471. The Kier molecular flexibility index (Phi) is 3.97. The van der Waals surface area contributed by atoms with Gasteiger partial charge in [0.25, 0.3) is 5.91 Å². The molecule has 0 radical (unpaired) electrons. The fourth-order valence-corrected chi connectivity index (χ4v) is 4.33. The minimum Gasteiger partial charge on any atom is -0.342 e. The molecule has 7 heteroatoms. The van der Waals surface area contributed by atoms with Crippen LogP contribution >= 0.6 is 0 Å². The molecule has 0 aromatic carbocycles. The summed E-state index contributed by atoms with van der Waals surface area (Å²) in [6.07, 6.45) is 4.24. The van der Waals surface area contributed by atoms with Crippen LogP contribution in [0.4, 0.5) is 0 Å². The summed E-state index contributed by atoms with van der Waals surface area (Å²) in [6, 6.07) is 1.74. The van der Waals surface area contributed by atoms with Gasteiger partial charge in [0.2, 0.25) is 5.91 Å². The van der Waals surface area contributed by atoms with Crippen LogP contribution in [-0.2, 0) is 11.8 Å². The fraction of sp³-hybridized carbons (Fsp3) is 0.579. The first-order valence-electron chi connectivity index (χ1n) is 9.33. The zero-order valence-corrected chi connectivity index (χ0v) is 15.7. The predicted molar refractivity (Wildman–Crippen MR) is 97.7 cm³/mol. The lowest BCUT2D eigenvalue weighted by Crippen LogP contribution is -2.38. The van der Waals surface area contributed by atoms with Crippen molar-refractivity contribution in [3.63, 3.8) is 0 Å². The van der Waals surface area contributed by atoms with Crippen molar-refractivity contribution in [2.45, 2.75) is 33.1 Å². The minimum atomic E-state index is -0.378. The van der Waals surface area contributed by atoms with Crippen molar-refractivity contribution in [2.75, 3.05) is 26.2 Å². The van der Waals surface area contributed by atoms with Gasteiger partial charge in [-0.15, -0.1) is 0 Å². The van der Waals surface area contributed by atoms with E-state index in [0.29, 0.717) is 29.8 Å². The number of hydrogen-bond acceptors (Lipinski definition) is 4. The van der Waals surface area contributed by atoms with Gasteiger partial charge in [0.05, 0.1) is 11.0 Å². The number of pyridine rings is 1. The molecule has 7 nitrogen and oxygen atoms in total. The van der Waals surface area contributed by atoms with Gasteiger partial charge in [-0.1, -0.05) is 6.92 Å². The Balaban J connectivity index is 1.60. The molecule has 2 aromatic heterocycles. The van der Waals surface area contributed by atoms with E-state index >= 15 is 0 Å². The normalized spacial score (nSPS) is 23.0. The first kappa shape index (κ1) is 17.0. The van der Waals surface area contributed by atoms with E-state index in [0.717, 1.165) is 38.2 Å². The summed E-state index contributed by atoms with van der Waals surface area (Å²) in [4.78, 5) is 38.7. The quantitative estimate of drug-likeness (QED) is 0.841. The van der Waals surface area contributed by atoms with Gasteiger partial charge in [-0.2, -0.15) is 0 Å². The Labute approximate surface area is 153 Å². The zero-order valence-electron chi connectivity index (χ0n) is 15.7. The summed E-state index contributed by atoms with van der Waals surface area (Å²) in [7, 11) is 1.90. The van der Waals surface area contributed by atoms with E-state index in [4.69, 9.17) is 0 Å². The number of nitrogens with zero attached hydrogens (tertiary/aromatic N) is 5. The Bertz CT molecular complexity index is 889. The molecule has 0 saturated carbocycles. The van der Waals surface area contributed by atoms with E-state index in [1.54, 1.807) is 12.3 Å². The van der Waals surface area contributed by atoms with Crippen molar-refractivity contribution in [1.29, 1.82) is 0 Å². The molecule has 2 fully saturated rings. The maximum atomic E-state index is 13.2. The summed E-state index contributed by atoms with van der Waals surface area (Å²) in [5.74, 6) is 1.00. The van der Waals surface area contributed by atoms with Crippen LogP contribution in [0.1, 0.15) is 42.4 Å². The van der Waals surface area contributed by atoms with Crippen molar-refractivity contribution in [3.05, 3.63) is 23.7 Å². The second kappa shape index (κ2) is 6.07. The number of amides is 2. The smallest absolute Gasteiger partial charge is 0.256 e. The molecule has 2 amide bonds. The highest BCUT2D eigenvalue weighted by molar-refractivity contribution is 6.04. The lowest BCUT2D eigenvalue weighted by atomic mass is 9.85. The maximum Gasteiger partial charge on any atom is 0.256 e. The lowest BCUT2D eigenvalue weighted by Gasteiger charge is -2.23. The van der Waals surface area contributed by atoms with Crippen molar-refractivity contribution in [2.24, 2.45) is 12.5 Å². The van der Waals surface area contributed by atoms with Crippen molar-refractivity contribution in [1.82, 2.24) is 24.3 Å². The van der Waals surface area contributed by atoms with Crippen LogP contribution in [0.2, 0.25) is 0 Å². The summed E-state index contributed by atoms with van der Waals surface area (Å²) in [5, 5.41) is 0. The summed E-state index contributed by atoms with van der Waals surface area (Å²) >= 11 is 0. The summed E-state index contributed by atoms with van der Waals surface area (Å²) in [5.41, 5.74) is 1.56. The van der Waals surface area contributed by atoms with Crippen LogP contribution in [0.25, 0.3) is 11.2 Å². The van der Waals surface area contributed by atoms with Gasteiger partial charge in [0.1, 0.15) is 11.3 Å². The number of carbonyl (C=O) groups is 2. The third-order valence-corrected chi connectivity index (χ3v) is 5.95. The molecule has 0 aliphatic carbocycles. The highest BCUT2D eigenvalue weighted by atomic mass is 16.2. The van der Waals surface area contributed by atoms with Crippen molar-refractivity contribution in [3.8, 4) is 0 Å². The first-order valence-corrected chi connectivity index (χ1v) is 9.33. The number of fused-ring (bicyclic) bond motifs is 1. The fourth-order valence-electron chi connectivity index (χ4n) is 4.33. The van der Waals surface area contributed by atoms with E-state index in [-0.39, 0.29) is 17.2 Å². The Hall–Kier alpha value is -2.44. The van der Waals surface area contributed by atoms with Crippen LogP contribution in [0, 0.1) is 12.3 Å². The molecule has 0 N–H and O–H groups in total. The second-order valence-corrected chi connectivity index (χ2v) is 7.55. The number of aryl methyl sites for hydroxylation is 2. The molecule has 4 heterocycles. The standard InChI is InChI=1S/C19H25N5O2/c1-4-9-23-10-6-19(18(23)26)7-11-24(12-19)17(25)14-5-8-20-16-15(14)21-13(2)22(16)3/h5,8H,4,6-7,9-12H2,1-3H3. The number of imidazole rings is 1. The van der Waals surface area contributed by atoms with Gasteiger partial charge in [0, 0.05) is 39.4 Å². The molecular weight excluding hydrogens is 330 g/mol. The van der Waals surface area contributed by atoms with Crippen molar-refractivity contribution < 1.29 is 9.59 Å². The van der Waals surface area contributed by atoms with E-state index in [1.807, 2.05) is 28.3 Å². The molecule has 4 rings (SSSR count). The van der Waals surface area contributed by atoms with Gasteiger partial charge in [-0.25, -0.2) is 9.97 Å². The average Bonchev–Trinajstić information content (AvgIpc) is 3.29. The largest absolute Gasteiger partial charge is 0.342 e. The van der Waals surface area contributed by atoms with E-state index in [9.17, 15) is 9.59 Å². The van der Waals surface area contributed by atoms with Gasteiger partial charge in [-0.05, 0) is 32.3 Å². The number of aromatic nitrogens is 3. The molecule has 2 aromatic rings. The van der Waals surface area contributed by atoms with Crippen LogP contribution in [0.15, 0.2) is 12.3 Å². The molecule has 2 aliphatic heterocycles. The Morgan fingerprint density at radius 3 is 2.85 bits per heavy atom. The van der Waals surface area contributed by atoms with Crippen LogP contribution < -0.4 is 0 Å². The third kappa shape index (κ3) is 2.40. The number of likely N-dealkylation sites (tertiary alicyclic amines) is 2. The average molecular weight is 355 g/mol. The van der Waals surface area contributed by atoms with E-state index < -0.39 is 0 Å². The van der Waals surface area contributed by atoms with Crippen LogP contribution in [-0.4, -0.2) is 62.3 Å². The third-order valence-electron chi connectivity index (χ3n) is 5.95. The van der Waals surface area contributed by atoms with Crippen LogP contribution in [0.3, 0.4) is 0 Å². The second-order valence-electron chi connectivity index (χ2n) is 7.55. The molecular formula is C19H25N5O2. The maximum absolute atomic E-state index is 13.2. The van der Waals surface area contributed by atoms with Gasteiger partial charge >= 0.3 is 0 Å². The Morgan fingerprint density at radius 2 is 2.08 bits per heavy atom. The lowest BCUT2D eigenvalue weighted by molar-refractivity contribution is -0.135. The number of hydrogen-bond donors (Lipinski definition) is 0. The Morgan fingerprint density at radius 1 is 1.31 bits per heavy atom. The highest BCUT2D eigenvalue weighted by Gasteiger charge is 2.51. The highest BCUT2D eigenvalue weighted by Crippen LogP contribution is 2.41. The van der Waals surface area contributed by atoms with Gasteiger partial charge in [0.15, 0.2) is 5.65 Å². The first-order chi connectivity index (χ1) is 12.5. The van der Waals surface area contributed by atoms with E-state index in [2.05, 4.69) is 16.9 Å². The number of carbonyl (C=O) groups excluding carboxylic acids is 2. The molecule has 2 saturated heterocycles. The molecule has 138 valence electrons. The van der Waals surface area contributed by atoms with Crippen LogP contribution in [0.5, 0.6) is 0 Å². The molecule has 1 unspecified atom stereocenters. The summed E-state index contributed by atoms with van der Waals surface area (Å²) < 4.78 is 1.89. The zero-order chi connectivity index (χ0) is 18.5. The molecule has 1 spiro atoms. The summed E-state index contributed by atoms with van der Waals surface area (Å²) in [6.45, 7) is 6.76. The SMILES string of the molecule is CCCN1CCC2(CCN(C(=O)c3ccnc4c3nc(C)n4C)C2)C1=O. The molecule has 1 atom stereocenters. The number of rotatable bonds is 3. The van der Waals surface area contributed by atoms with E-state index in [1.165, 1.54) is 0 Å². The molecule has 2 aliphatic rings. The monoisotopic (exact) mass is 355 g/mol. The predicted octanol–water partition coefficient (Wildman–Crippen LogP) is 1.75. The topological polar surface area (TPSA) is 71.3 Å². The molecule has 0 bridgehead atoms. The van der Waals surface area contributed by atoms with Crippen molar-refractivity contribution >= 4 is 23.0 Å². The molecule has 26 heavy (non-hydrogen) atoms.